The first-order valence-corrected chi connectivity index (χ1v) is 9.32. The van der Waals surface area contributed by atoms with Crippen molar-refractivity contribution in [2.45, 2.75) is 6.54 Å². The topological polar surface area (TPSA) is 60.0 Å². The third kappa shape index (κ3) is 6.40. The lowest BCUT2D eigenvalue weighted by Gasteiger charge is -2.36. The van der Waals surface area contributed by atoms with E-state index < -0.39 is 0 Å². The number of piperazine rings is 1. The standard InChI is InChI=1S/C21H27N5O.HI/c1-22-21(23-16-18-8-4-2-5-9-18)24-17-20(27)26-14-12-25(13-15-26)19-10-6-3-7-11-19;/h2-11H,12-17H2,1H3,(H2,22,23,24);1H. The highest BCUT2D eigenvalue weighted by atomic mass is 127. The Labute approximate surface area is 184 Å². The number of halogens is 1. The van der Waals surface area contributed by atoms with E-state index in [2.05, 4.69) is 44.8 Å². The van der Waals surface area contributed by atoms with Crippen molar-refractivity contribution in [3.63, 3.8) is 0 Å². The van der Waals surface area contributed by atoms with Crippen molar-refractivity contribution in [1.82, 2.24) is 15.5 Å². The van der Waals surface area contributed by atoms with E-state index in [-0.39, 0.29) is 36.4 Å². The molecule has 1 aliphatic rings. The Kier molecular flexibility index (Phi) is 9.06. The lowest BCUT2D eigenvalue weighted by molar-refractivity contribution is -0.130. The lowest BCUT2D eigenvalue weighted by Crippen LogP contribution is -2.52. The number of hydrogen-bond acceptors (Lipinski definition) is 3. The largest absolute Gasteiger partial charge is 0.368 e. The molecule has 2 aromatic carbocycles. The molecule has 0 spiro atoms. The van der Waals surface area contributed by atoms with Gasteiger partial charge in [-0.3, -0.25) is 9.79 Å². The van der Waals surface area contributed by atoms with E-state index in [0.29, 0.717) is 12.5 Å². The summed E-state index contributed by atoms with van der Waals surface area (Å²) in [6.07, 6.45) is 0. The summed E-state index contributed by atoms with van der Waals surface area (Å²) in [5.41, 5.74) is 2.39. The van der Waals surface area contributed by atoms with Crippen LogP contribution in [-0.2, 0) is 11.3 Å². The van der Waals surface area contributed by atoms with Gasteiger partial charge in [-0.15, -0.1) is 24.0 Å². The number of aliphatic imine (C=N–C) groups is 1. The summed E-state index contributed by atoms with van der Waals surface area (Å²) < 4.78 is 0. The lowest BCUT2D eigenvalue weighted by atomic mass is 10.2. The van der Waals surface area contributed by atoms with Gasteiger partial charge in [0.25, 0.3) is 0 Å². The molecule has 0 unspecified atom stereocenters. The molecular formula is C21H28IN5O. The number of anilines is 1. The third-order valence-corrected chi connectivity index (χ3v) is 4.69. The quantitative estimate of drug-likeness (QED) is 0.382. The molecule has 7 heteroatoms. The fourth-order valence-corrected chi connectivity index (χ4v) is 3.13. The highest BCUT2D eigenvalue weighted by molar-refractivity contribution is 14.0. The first-order valence-electron chi connectivity index (χ1n) is 9.32. The summed E-state index contributed by atoms with van der Waals surface area (Å²) in [5, 5.41) is 6.35. The number of nitrogens with one attached hydrogen (secondary N) is 2. The first kappa shape index (κ1) is 22.0. The maximum Gasteiger partial charge on any atom is 0.242 e. The van der Waals surface area contributed by atoms with Crippen LogP contribution in [0.1, 0.15) is 5.56 Å². The molecule has 2 aromatic rings. The fourth-order valence-electron chi connectivity index (χ4n) is 3.13. The zero-order valence-electron chi connectivity index (χ0n) is 16.2. The second-order valence-electron chi connectivity index (χ2n) is 6.47. The predicted molar refractivity (Wildman–Crippen MR) is 125 cm³/mol. The number of guanidine groups is 1. The van der Waals surface area contributed by atoms with E-state index >= 15 is 0 Å². The smallest absolute Gasteiger partial charge is 0.242 e. The van der Waals surface area contributed by atoms with E-state index in [0.717, 1.165) is 26.2 Å². The second kappa shape index (κ2) is 11.5. The van der Waals surface area contributed by atoms with E-state index in [1.165, 1.54) is 11.3 Å². The van der Waals surface area contributed by atoms with Gasteiger partial charge in [0, 0.05) is 45.5 Å². The molecule has 3 rings (SSSR count). The summed E-state index contributed by atoms with van der Waals surface area (Å²) >= 11 is 0. The summed E-state index contributed by atoms with van der Waals surface area (Å²) in [4.78, 5) is 20.9. The van der Waals surface area contributed by atoms with Crippen LogP contribution >= 0.6 is 24.0 Å². The highest BCUT2D eigenvalue weighted by Crippen LogP contribution is 2.15. The highest BCUT2D eigenvalue weighted by Gasteiger charge is 2.21. The molecule has 28 heavy (non-hydrogen) atoms. The van der Waals surface area contributed by atoms with Crippen molar-refractivity contribution >= 4 is 41.5 Å². The molecule has 0 aliphatic carbocycles. The van der Waals surface area contributed by atoms with Gasteiger partial charge in [0.2, 0.25) is 5.91 Å². The van der Waals surface area contributed by atoms with Crippen molar-refractivity contribution in [3.05, 3.63) is 66.2 Å². The minimum absolute atomic E-state index is 0. The number of para-hydroxylation sites is 1. The molecule has 0 aromatic heterocycles. The number of hydrogen-bond donors (Lipinski definition) is 2. The molecule has 0 radical (unpaired) electrons. The Balaban J connectivity index is 0.00000280. The number of rotatable bonds is 5. The molecule has 1 fully saturated rings. The van der Waals surface area contributed by atoms with Gasteiger partial charge in [-0.2, -0.15) is 0 Å². The van der Waals surface area contributed by atoms with Crippen LogP contribution in [0.25, 0.3) is 0 Å². The van der Waals surface area contributed by atoms with Gasteiger partial charge in [0.1, 0.15) is 0 Å². The minimum atomic E-state index is 0. The summed E-state index contributed by atoms with van der Waals surface area (Å²) in [6, 6.07) is 20.5. The fraction of sp³-hybridized carbons (Fsp3) is 0.333. The summed E-state index contributed by atoms with van der Waals surface area (Å²) in [5.74, 6) is 0.737. The van der Waals surface area contributed by atoms with Gasteiger partial charge in [0.05, 0.1) is 6.54 Å². The van der Waals surface area contributed by atoms with Gasteiger partial charge >= 0.3 is 0 Å². The zero-order chi connectivity index (χ0) is 18.9. The second-order valence-corrected chi connectivity index (χ2v) is 6.47. The minimum Gasteiger partial charge on any atom is -0.368 e. The van der Waals surface area contributed by atoms with Gasteiger partial charge in [-0.1, -0.05) is 48.5 Å². The maximum absolute atomic E-state index is 12.5. The molecule has 0 saturated carbocycles. The van der Waals surface area contributed by atoms with Crippen LogP contribution in [0.2, 0.25) is 0 Å². The SMILES string of the molecule is CN=C(NCC(=O)N1CCN(c2ccccc2)CC1)NCc1ccccc1.I. The van der Waals surface area contributed by atoms with E-state index in [9.17, 15) is 4.79 Å². The van der Waals surface area contributed by atoms with Crippen LogP contribution in [-0.4, -0.2) is 56.5 Å². The normalized spacial score (nSPS) is 14.2. The van der Waals surface area contributed by atoms with E-state index in [1.807, 2.05) is 41.3 Å². The number of benzene rings is 2. The van der Waals surface area contributed by atoms with Crippen LogP contribution < -0.4 is 15.5 Å². The molecule has 150 valence electrons. The van der Waals surface area contributed by atoms with Crippen LogP contribution in [0, 0.1) is 0 Å². The van der Waals surface area contributed by atoms with Crippen LogP contribution in [0.3, 0.4) is 0 Å². The van der Waals surface area contributed by atoms with Crippen LogP contribution in [0.5, 0.6) is 0 Å². The number of carbonyl (C=O) groups is 1. The average Bonchev–Trinajstić information content (AvgIpc) is 2.75. The summed E-state index contributed by atoms with van der Waals surface area (Å²) in [7, 11) is 1.71. The molecule has 0 bridgehead atoms. The van der Waals surface area contributed by atoms with Crippen molar-refractivity contribution < 1.29 is 4.79 Å². The third-order valence-electron chi connectivity index (χ3n) is 4.69. The van der Waals surface area contributed by atoms with Gasteiger partial charge in [-0.05, 0) is 17.7 Å². The Morgan fingerprint density at radius 3 is 2.14 bits per heavy atom. The first-order chi connectivity index (χ1) is 13.3. The monoisotopic (exact) mass is 493 g/mol. The molecule has 6 nitrogen and oxygen atoms in total. The Hall–Kier alpha value is -2.29. The van der Waals surface area contributed by atoms with Gasteiger partial charge < -0.3 is 20.4 Å². The van der Waals surface area contributed by atoms with Crippen molar-refractivity contribution in [3.8, 4) is 0 Å². The zero-order valence-corrected chi connectivity index (χ0v) is 18.5. The van der Waals surface area contributed by atoms with Crippen molar-refractivity contribution in [1.29, 1.82) is 0 Å². The molecule has 1 saturated heterocycles. The van der Waals surface area contributed by atoms with E-state index in [4.69, 9.17) is 0 Å². The Morgan fingerprint density at radius 1 is 0.929 bits per heavy atom. The number of nitrogens with zero attached hydrogens (tertiary/aromatic N) is 3. The average molecular weight is 493 g/mol. The van der Waals surface area contributed by atoms with Gasteiger partial charge in [0.15, 0.2) is 5.96 Å². The molecule has 1 heterocycles. The molecule has 1 aliphatic heterocycles. The number of carbonyl (C=O) groups excluding carboxylic acids is 1. The Bertz CT molecular complexity index is 746. The summed E-state index contributed by atoms with van der Waals surface area (Å²) in [6.45, 7) is 4.12. The number of amides is 1. The molecule has 2 N–H and O–H groups in total. The van der Waals surface area contributed by atoms with E-state index in [1.54, 1.807) is 7.05 Å². The molecule has 1 amide bonds. The van der Waals surface area contributed by atoms with Crippen molar-refractivity contribution in [2.75, 3.05) is 44.7 Å². The van der Waals surface area contributed by atoms with Crippen molar-refractivity contribution in [2.24, 2.45) is 4.99 Å². The maximum atomic E-state index is 12.5. The molecule has 0 atom stereocenters. The Morgan fingerprint density at radius 2 is 1.54 bits per heavy atom. The molecular weight excluding hydrogens is 465 g/mol. The van der Waals surface area contributed by atoms with Crippen LogP contribution in [0.4, 0.5) is 5.69 Å². The van der Waals surface area contributed by atoms with Gasteiger partial charge in [-0.25, -0.2) is 0 Å². The predicted octanol–water partition coefficient (Wildman–Crippen LogP) is 2.32. The van der Waals surface area contributed by atoms with Crippen LogP contribution in [0.15, 0.2) is 65.7 Å².